The fourth-order valence-corrected chi connectivity index (χ4v) is 8.69. The normalized spacial score (nSPS) is 16.9. The molecule has 0 radical (unpaired) electrons. The average Bonchev–Trinajstić information content (AvgIpc) is 3.76. The van der Waals surface area contributed by atoms with Crippen molar-refractivity contribution in [2.45, 2.75) is 25.2 Å². The average molecular weight is 683 g/mol. The van der Waals surface area contributed by atoms with Gasteiger partial charge in [0.2, 0.25) is 5.89 Å². The van der Waals surface area contributed by atoms with Gasteiger partial charge in [-0.1, -0.05) is 141 Å². The van der Waals surface area contributed by atoms with Gasteiger partial charge in [0.25, 0.3) is 0 Å². The second-order valence-electron chi connectivity index (χ2n) is 14.8. The topological polar surface area (TPSA) is 29.3 Å². The number of anilines is 3. The van der Waals surface area contributed by atoms with Gasteiger partial charge in [0.1, 0.15) is 5.52 Å². The summed E-state index contributed by atoms with van der Waals surface area (Å²) >= 11 is 0. The van der Waals surface area contributed by atoms with Crippen LogP contribution in [0.4, 0.5) is 17.1 Å². The van der Waals surface area contributed by atoms with Crippen LogP contribution in [0.1, 0.15) is 30.9 Å². The molecule has 3 nitrogen and oxygen atoms in total. The summed E-state index contributed by atoms with van der Waals surface area (Å²) < 4.78 is 6.40. The Hall–Kier alpha value is -6.45. The fraction of sp³-hybridized carbons (Fsp3) is 0.100. The molecule has 2 aliphatic rings. The molecule has 0 saturated heterocycles. The first kappa shape index (κ1) is 31.3. The maximum absolute atomic E-state index is 6.40. The van der Waals surface area contributed by atoms with E-state index in [2.05, 4.69) is 170 Å². The number of oxazole rings is 1. The molecule has 0 spiro atoms. The number of aromatic nitrogens is 1. The van der Waals surface area contributed by atoms with E-state index < -0.39 is 0 Å². The van der Waals surface area contributed by atoms with Crippen LogP contribution in [0.3, 0.4) is 0 Å². The summed E-state index contributed by atoms with van der Waals surface area (Å²) in [5, 5.41) is 2.20. The van der Waals surface area contributed by atoms with E-state index in [1.807, 2.05) is 30.3 Å². The Labute approximate surface area is 310 Å². The van der Waals surface area contributed by atoms with E-state index in [1.165, 1.54) is 22.3 Å². The molecule has 0 amide bonds. The number of fused-ring (bicyclic) bond motifs is 6. The molecule has 3 heteroatoms. The van der Waals surface area contributed by atoms with Crippen LogP contribution in [-0.4, -0.2) is 4.98 Å². The maximum atomic E-state index is 6.40. The Balaban J connectivity index is 1.06. The molecule has 2 aliphatic carbocycles. The first-order valence-electron chi connectivity index (χ1n) is 18.5. The zero-order chi connectivity index (χ0) is 35.5. The Morgan fingerprint density at radius 3 is 1.92 bits per heavy atom. The summed E-state index contributed by atoms with van der Waals surface area (Å²) in [6.45, 7) is 4.78. The number of benzene rings is 7. The summed E-state index contributed by atoms with van der Waals surface area (Å²) in [5.41, 5.74) is 13.7. The number of rotatable bonds is 6. The molecule has 8 aromatic rings. The minimum absolute atomic E-state index is 0.0719. The third-order valence-corrected chi connectivity index (χ3v) is 11.4. The summed E-state index contributed by atoms with van der Waals surface area (Å²) in [6, 6.07) is 56.4. The third kappa shape index (κ3) is 5.23. The van der Waals surface area contributed by atoms with Gasteiger partial charge >= 0.3 is 0 Å². The van der Waals surface area contributed by atoms with Crippen LogP contribution in [0.2, 0.25) is 0 Å². The van der Waals surface area contributed by atoms with E-state index >= 15 is 0 Å². The second kappa shape index (κ2) is 12.4. The zero-order valence-corrected chi connectivity index (χ0v) is 29.8. The van der Waals surface area contributed by atoms with Crippen molar-refractivity contribution in [1.29, 1.82) is 0 Å². The molecule has 7 aromatic carbocycles. The molecule has 53 heavy (non-hydrogen) atoms. The van der Waals surface area contributed by atoms with E-state index in [9.17, 15) is 0 Å². The third-order valence-electron chi connectivity index (χ3n) is 11.4. The second-order valence-corrected chi connectivity index (χ2v) is 14.8. The van der Waals surface area contributed by atoms with Crippen LogP contribution in [0, 0.1) is 5.92 Å². The van der Waals surface area contributed by atoms with Crippen molar-refractivity contribution in [3.63, 3.8) is 0 Å². The van der Waals surface area contributed by atoms with Crippen molar-refractivity contribution in [1.82, 2.24) is 4.98 Å². The van der Waals surface area contributed by atoms with Gasteiger partial charge in [-0.05, 0) is 105 Å². The lowest BCUT2D eigenvalue weighted by atomic mass is 9.74. The van der Waals surface area contributed by atoms with Crippen LogP contribution >= 0.6 is 0 Å². The Morgan fingerprint density at radius 1 is 0.547 bits per heavy atom. The Morgan fingerprint density at radius 2 is 1.19 bits per heavy atom. The highest BCUT2D eigenvalue weighted by molar-refractivity contribution is 6.09. The monoisotopic (exact) mass is 682 g/mol. The first-order chi connectivity index (χ1) is 26.0. The lowest BCUT2D eigenvalue weighted by Crippen LogP contribution is -2.24. The van der Waals surface area contributed by atoms with Gasteiger partial charge in [-0.15, -0.1) is 0 Å². The van der Waals surface area contributed by atoms with Gasteiger partial charge in [-0.2, -0.15) is 0 Å². The highest BCUT2D eigenvalue weighted by Gasteiger charge is 2.44. The molecular formula is C50H38N2O. The maximum Gasteiger partial charge on any atom is 0.227 e. The highest BCUT2D eigenvalue weighted by Crippen LogP contribution is 2.54. The van der Waals surface area contributed by atoms with Gasteiger partial charge < -0.3 is 9.32 Å². The molecule has 0 N–H and O–H groups in total. The van der Waals surface area contributed by atoms with E-state index in [4.69, 9.17) is 9.40 Å². The Kier molecular flexibility index (Phi) is 7.29. The van der Waals surface area contributed by atoms with Crippen molar-refractivity contribution in [3.8, 4) is 33.7 Å². The zero-order valence-electron chi connectivity index (χ0n) is 29.8. The quantitative estimate of drug-likeness (QED) is 0.175. The number of hydrogen-bond acceptors (Lipinski definition) is 3. The van der Waals surface area contributed by atoms with Crippen LogP contribution in [0.25, 0.3) is 55.6 Å². The molecule has 0 aliphatic heterocycles. The predicted octanol–water partition coefficient (Wildman–Crippen LogP) is 13.6. The van der Waals surface area contributed by atoms with Gasteiger partial charge in [0.05, 0.1) is 0 Å². The standard InChI is InChI=1S/C50H38N2O/c1-50(2)45-19-10-9-16-42(45)44-32-39(28-30-46(44)50)52(37-24-20-34(21-25-37)33-12-5-3-6-13-33)38-26-22-35(23-27-38)40-17-11-18-43-41(40)29-31-47-48(43)53-49(51-47)36-14-7-4-8-15-36/h3-32,42,45H,1-2H3. The van der Waals surface area contributed by atoms with Crippen LogP contribution < -0.4 is 4.90 Å². The molecule has 0 saturated carbocycles. The van der Waals surface area contributed by atoms with Crippen molar-refractivity contribution in [2.24, 2.45) is 5.92 Å². The summed E-state index contributed by atoms with van der Waals surface area (Å²) in [7, 11) is 0. The van der Waals surface area contributed by atoms with E-state index in [0.29, 0.717) is 17.7 Å². The summed E-state index contributed by atoms with van der Waals surface area (Å²) in [6.07, 6.45) is 9.20. The van der Waals surface area contributed by atoms with Crippen LogP contribution in [0.15, 0.2) is 186 Å². The predicted molar refractivity (Wildman–Crippen MR) is 220 cm³/mol. The molecule has 0 bridgehead atoms. The largest absolute Gasteiger partial charge is 0.435 e. The molecule has 254 valence electrons. The minimum atomic E-state index is 0.0719. The van der Waals surface area contributed by atoms with Crippen LogP contribution in [-0.2, 0) is 5.41 Å². The van der Waals surface area contributed by atoms with Crippen molar-refractivity contribution >= 4 is 38.9 Å². The van der Waals surface area contributed by atoms with Gasteiger partial charge in [-0.3, -0.25) is 0 Å². The van der Waals surface area contributed by atoms with Gasteiger partial charge in [0, 0.05) is 33.9 Å². The first-order valence-corrected chi connectivity index (χ1v) is 18.5. The number of allylic oxidation sites excluding steroid dienone is 4. The van der Waals surface area contributed by atoms with Gasteiger partial charge in [0.15, 0.2) is 5.58 Å². The van der Waals surface area contributed by atoms with Crippen molar-refractivity contribution < 1.29 is 4.42 Å². The molecule has 2 atom stereocenters. The lowest BCUT2D eigenvalue weighted by molar-refractivity contribution is 0.394. The van der Waals surface area contributed by atoms with Gasteiger partial charge in [-0.25, -0.2) is 4.98 Å². The minimum Gasteiger partial charge on any atom is -0.435 e. The van der Waals surface area contributed by atoms with Crippen molar-refractivity contribution in [3.05, 3.63) is 193 Å². The molecular weight excluding hydrogens is 645 g/mol. The van der Waals surface area contributed by atoms with E-state index in [1.54, 1.807) is 0 Å². The lowest BCUT2D eigenvalue weighted by Gasteiger charge is -2.29. The number of nitrogens with zero attached hydrogens (tertiary/aromatic N) is 2. The molecule has 2 unspecified atom stereocenters. The van der Waals surface area contributed by atoms with Crippen molar-refractivity contribution in [2.75, 3.05) is 4.90 Å². The molecule has 1 heterocycles. The summed E-state index contributed by atoms with van der Waals surface area (Å²) in [4.78, 5) is 7.22. The van der Waals surface area contributed by atoms with E-state index in [-0.39, 0.29) is 5.41 Å². The smallest absolute Gasteiger partial charge is 0.227 e. The molecule has 1 aromatic heterocycles. The fourth-order valence-electron chi connectivity index (χ4n) is 8.69. The highest BCUT2D eigenvalue weighted by atomic mass is 16.3. The number of hydrogen-bond donors (Lipinski definition) is 0. The summed E-state index contributed by atoms with van der Waals surface area (Å²) in [5.74, 6) is 1.47. The van der Waals surface area contributed by atoms with E-state index in [0.717, 1.165) is 55.6 Å². The van der Waals surface area contributed by atoms with Crippen LogP contribution in [0.5, 0.6) is 0 Å². The molecule has 0 fully saturated rings. The SMILES string of the molecule is CC1(C)c2ccc(N(c3ccc(-c4ccccc4)cc3)c3ccc(-c4cccc5c4ccc4nc(-c6ccccc6)oc45)cc3)cc2C2C=CC=CC21. The Bertz CT molecular complexity index is 2680. The molecule has 10 rings (SSSR count).